The van der Waals surface area contributed by atoms with Crippen LogP contribution in [0.2, 0.25) is 0 Å². The zero-order valence-corrected chi connectivity index (χ0v) is 17.3. The highest BCUT2D eigenvalue weighted by Crippen LogP contribution is 2.20. The van der Waals surface area contributed by atoms with E-state index >= 15 is 0 Å². The summed E-state index contributed by atoms with van der Waals surface area (Å²) in [6.07, 6.45) is 1.64. The van der Waals surface area contributed by atoms with Crippen molar-refractivity contribution in [1.82, 2.24) is 4.90 Å². The summed E-state index contributed by atoms with van der Waals surface area (Å²) in [5.41, 5.74) is 3.32. The van der Waals surface area contributed by atoms with Gasteiger partial charge in [-0.3, -0.25) is 0 Å². The highest BCUT2D eigenvalue weighted by Gasteiger charge is 2.33. The fraction of sp³-hybridized carbons (Fsp3) is 0.611. The molecule has 0 spiro atoms. The summed E-state index contributed by atoms with van der Waals surface area (Å²) < 4.78 is 23.8. The van der Waals surface area contributed by atoms with Crippen LogP contribution in [0.25, 0.3) is 0 Å². The molecule has 1 aliphatic rings. The van der Waals surface area contributed by atoms with Crippen molar-refractivity contribution in [2.45, 2.75) is 32.7 Å². The predicted molar refractivity (Wildman–Crippen MR) is 108 cm³/mol. The van der Waals surface area contributed by atoms with Gasteiger partial charge in [0.25, 0.3) is 0 Å². The lowest BCUT2D eigenvalue weighted by Gasteiger charge is -2.31. The third kappa shape index (κ3) is 6.24. The van der Waals surface area contributed by atoms with Crippen LogP contribution in [0.3, 0.4) is 0 Å². The van der Waals surface area contributed by atoms with Gasteiger partial charge in [-0.1, -0.05) is 6.07 Å². The van der Waals surface area contributed by atoms with Crippen LogP contribution in [0, 0.1) is 13.8 Å². The molecular weight excluding hydrogens is 354 g/mol. The van der Waals surface area contributed by atoms with Gasteiger partial charge in [0, 0.05) is 24.7 Å². The Morgan fingerprint density at radius 2 is 1.92 bits per heavy atom. The quantitative estimate of drug-likeness (QED) is 0.718. The van der Waals surface area contributed by atoms with Gasteiger partial charge in [0.2, 0.25) is 0 Å². The first-order valence-electron chi connectivity index (χ1n) is 8.81. The van der Waals surface area contributed by atoms with Crippen molar-refractivity contribution in [3.05, 3.63) is 29.3 Å². The number of hydrogen-bond donors (Lipinski definition) is 2. The van der Waals surface area contributed by atoms with E-state index in [1.165, 1.54) is 16.0 Å². The highest BCUT2D eigenvalue weighted by atomic mass is 32.2. The average molecular weight is 385 g/mol. The largest absolute Gasteiger partial charge is 0.345 e. The van der Waals surface area contributed by atoms with Crippen LogP contribution in [0.4, 0.5) is 5.69 Å². The van der Waals surface area contributed by atoms with Crippen molar-refractivity contribution in [2.75, 3.05) is 44.0 Å². The lowest BCUT2D eigenvalue weighted by molar-refractivity contribution is -0.858. The van der Waals surface area contributed by atoms with Gasteiger partial charge < -0.3 is 15.1 Å². The fourth-order valence-corrected chi connectivity index (χ4v) is 5.41. The molecule has 1 atom stereocenters. The fourth-order valence-electron chi connectivity index (χ4n) is 3.32. The summed E-state index contributed by atoms with van der Waals surface area (Å²) in [5.74, 6) is 0.468. The van der Waals surface area contributed by atoms with Crippen LogP contribution in [0.5, 0.6) is 0 Å². The van der Waals surface area contributed by atoms with E-state index in [-0.39, 0.29) is 17.5 Å². The molecule has 0 unspecified atom stereocenters. The molecule has 1 fully saturated rings. The van der Waals surface area contributed by atoms with E-state index < -0.39 is 9.84 Å². The molecule has 2 N–H and O–H groups in total. The molecule has 0 saturated carbocycles. The summed E-state index contributed by atoms with van der Waals surface area (Å²) in [6, 6.07) is 6.22. The third-order valence-electron chi connectivity index (χ3n) is 4.46. The Balaban J connectivity index is 2.11. The molecule has 0 amide bonds. The van der Waals surface area contributed by atoms with Gasteiger partial charge in [0.15, 0.2) is 14.9 Å². The Kier molecular flexibility index (Phi) is 6.82. The van der Waals surface area contributed by atoms with Gasteiger partial charge in [-0.05, 0) is 55.7 Å². The van der Waals surface area contributed by atoms with E-state index in [1.54, 1.807) is 0 Å². The molecule has 0 aliphatic carbocycles. The van der Waals surface area contributed by atoms with Crippen LogP contribution in [0.15, 0.2) is 18.2 Å². The van der Waals surface area contributed by atoms with Gasteiger partial charge in [-0.25, -0.2) is 8.42 Å². The topological polar surface area (TPSA) is 53.9 Å². The lowest BCUT2D eigenvalue weighted by atomic mass is 10.1. The van der Waals surface area contributed by atoms with Crippen LogP contribution in [-0.4, -0.2) is 63.2 Å². The minimum Gasteiger partial charge on any atom is -0.345 e. The van der Waals surface area contributed by atoms with Crippen molar-refractivity contribution >= 4 is 32.9 Å². The molecule has 140 valence electrons. The second kappa shape index (κ2) is 8.47. The number of rotatable bonds is 6. The summed E-state index contributed by atoms with van der Waals surface area (Å²) in [6.45, 7) is 5.93. The molecule has 1 aliphatic heterocycles. The third-order valence-corrected chi connectivity index (χ3v) is 6.55. The Hall–Kier alpha value is -1.18. The van der Waals surface area contributed by atoms with Gasteiger partial charge in [0.1, 0.15) is 0 Å². The smallest absolute Gasteiger partial charge is 0.173 e. The Morgan fingerprint density at radius 1 is 1.28 bits per heavy atom. The minimum absolute atomic E-state index is 0.0203. The zero-order valence-electron chi connectivity index (χ0n) is 15.6. The molecule has 7 heteroatoms. The van der Waals surface area contributed by atoms with E-state index in [0.717, 1.165) is 25.2 Å². The van der Waals surface area contributed by atoms with Crippen LogP contribution >= 0.6 is 12.2 Å². The Bertz CT molecular complexity index is 697. The minimum atomic E-state index is -2.94. The second-order valence-electron chi connectivity index (χ2n) is 7.37. The number of aryl methyl sites for hydroxylation is 2. The number of nitrogens with one attached hydrogen (secondary N) is 2. The van der Waals surface area contributed by atoms with Gasteiger partial charge in [-0.15, -0.1) is 0 Å². The Morgan fingerprint density at radius 3 is 2.44 bits per heavy atom. The number of nitrogens with zero attached hydrogens (tertiary/aromatic N) is 1. The molecule has 0 radical (unpaired) electrons. The molecule has 5 nitrogen and oxygen atoms in total. The number of quaternary nitrogens is 1. The van der Waals surface area contributed by atoms with E-state index in [1.807, 2.05) is 0 Å². The molecule has 0 aromatic heterocycles. The van der Waals surface area contributed by atoms with Crippen molar-refractivity contribution < 1.29 is 13.3 Å². The summed E-state index contributed by atoms with van der Waals surface area (Å²) in [4.78, 5) is 3.47. The average Bonchev–Trinajstić information content (AvgIpc) is 2.81. The molecule has 1 aromatic carbocycles. The van der Waals surface area contributed by atoms with Crippen molar-refractivity contribution in [3.63, 3.8) is 0 Å². The SMILES string of the molecule is Cc1cc(C)cc(NC(=S)N(CCC[NH+](C)C)[C@@H]2CCS(=O)(=O)C2)c1. The number of sulfone groups is 1. The maximum Gasteiger partial charge on any atom is 0.173 e. The Labute approximate surface area is 157 Å². The van der Waals surface area contributed by atoms with Crippen LogP contribution < -0.4 is 10.2 Å². The van der Waals surface area contributed by atoms with Gasteiger partial charge >= 0.3 is 0 Å². The maximum absolute atomic E-state index is 11.9. The lowest BCUT2D eigenvalue weighted by Crippen LogP contribution is -3.05. The normalized spacial score (nSPS) is 19.2. The molecule has 0 bridgehead atoms. The molecular formula is C18H30N3O2S2+. The number of anilines is 1. The molecule has 1 aromatic rings. The van der Waals surface area contributed by atoms with Crippen molar-refractivity contribution in [1.29, 1.82) is 0 Å². The van der Waals surface area contributed by atoms with Crippen molar-refractivity contribution in [2.24, 2.45) is 0 Å². The molecule has 1 saturated heterocycles. The summed E-state index contributed by atoms with van der Waals surface area (Å²) in [5, 5.41) is 3.95. The second-order valence-corrected chi connectivity index (χ2v) is 9.98. The standard InChI is InChI=1S/C18H29N3O2S2/c1-14-10-15(2)12-16(11-14)19-18(24)21(8-5-7-20(3)4)17-6-9-25(22,23)13-17/h10-12,17H,5-9,13H2,1-4H3,(H,19,24)/p+1/t17-/m1/s1. The van der Waals surface area contributed by atoms with Gasteiger partial charge in [0.05, 0.1) is 32.1 Å². The first kappa shape index (κ1) is 20.1. The number of thiocarbonyl (C=S) groups is 1. The van der Waals surface area contributed by atoms with E-state index in [0.29, 0.717) is 11.5 Å². The van der Waals surface area contributed by atoms with Crippen LogP contribution in [-0.2, 0) is 9.84 Å². The number of benzene rings is 1. The highest BCUT2D eigenvalue weighted by molar-refractivity contribution is 7.91. The maximum atomic E-state index is 11.9. The van der Waals surface area contributed by atoms with Gasteiger partial charge in [-0.2, -0.15) is 0 Å². The van der Waals surface area contributed by atoms with E-state index in [2.05, 4.69) is 56.4 Å². The zero-order chi connectivity index (χ0) is 18.6. The summed E-state index contributed by atoms with van der Waals surface area (Å²) >= 11 is 5.65. The first-order valence-corrected chi connectivity index (χ1v) is 11.0. The molecule has 25 heavy (non-hydrogen) atoms. The predicted octanol–water partition coefficient (Wildman–Crippen LogP) is 1.02. The summed E-state index contributed by atoms with van der Waals surface area (Å²) in [7, 11) is 1.31. The molecule has 2 rings (SSSR count). The van der Waals surface area contributed by atoms with Crippen molar-refractivity contribution in [3.8, 4) is 0 Å². The first-order chi connectivity index (χ1) is 11.7. The van der Waals surface area contributed by atoms with E-state index in [9.17, 15) is 8.42 Å². The van der Waals surface area contributed by atoms with Crippen LogP contribution in [0.1, 0.15) is 24.0 Å². The molecule has 1 heterocycles. The number of hydrogen-bond acceptors (Lipinski definition) is 3. The monoisotopic (exact) mass is 384 g/mol. The van der Waals surface area contributed by atoms with E-state index in [4.69, 9.17) is 12.2 Å².